The third-order valence-corrected chi connectivity index (χ3v) is 3.83. The molecule has 0 aromatic heterocycles. The number of hydrogen-bond acceptors (Lipinski definition) is 3. The standard InChI is InChI=1S/C14H30N2O/c1-11(2)12(10-17-6)16-8-7-15-13(9-16)14(3,4)5/h11-13,15H,7-10H2,1-6H3. The van der Waals surface area contributed by atoms with E-state index in [1.54, 1.807) is 7.11 Å². The van der Waals surface area contributed by atoms with Gasteiger partial charge in [0.1, 0.15) is 0 Å². The second-order valence-corrected chi connectivity index (χ2v) is 6.63. The fourth-order valence-electron chi connectivity index (χ4n) is 2.54. The lowest BCUT2D eigenvalue weighted by molar-refractivity contribution is 0.0301. The minimum Gasteiger partial charge on any atom is -0.383 e. The Kier molecular flexibility index (Phi) is 5.42. The highest BCUT2D eigenvalue weighted by atomic mass is 16.5. The molecule has 0 saturated carbocycles. The maximum atomic E-state index is 5.38. The van der Waals surface area contributed by atoms with Crippen molar-refractivity contribution in [3.8, 4) is 0 Å². The first-order chi connectivity index (χ1) is 7.86. The van der Waals surface area contributed by atoms with E-state index in [1.165, 1.54) is 0 Å². The van der Waals surface area contributed by atoms with Crippen LogP contribution in [0, 0.1) is 11.3 Å². The molecular formula is C14H30N2O. The van der Waals surface area contributed by atoms with Gasteiger partial charge in [-0.2, -0.15) is 0 Å². The number of nitrogens with one attached hydrogen (secondary N) is 1. The van der Waals surface area contributed by atoms with E-state index >= 15 is 0 Å². The van der Waals surface area contributed by atoms with Crippen molar-refractivity contribution in [3.63, 3.8) is 0 Å². The van der Waals surface area contributed by atoms with Crippen LogP contribution in [0.2, 0.25) is 0 Å². The Morgan fingerprint density at radius 2 is 2.00 bits per heavy atom. The van der Waals surface area contributed by atoms with Crippen LogP contribution in [-0.4, -0.2) is 50.3 Å². The summed E-state index contributed by atoms with van der Waals surface area (Å²) in [7, 11) is 1.80. The highest BCUT2D eigenvalue weighted by Crippen LogP contribution is 2.24. The molecule has 2 atom stereocenters. The molecule has 0 spiro atoms. The van der Waals surface area contributed by atoms with Gasteiger partial charge < -0.3 is 10.1 Å². The zero-order chi connectivity index (χ0) is 13.1. The fourth-order valence-corrected chi connectivity index (χ4v) is 2.54. The van der Waals surface area contributed by atoms with Gasteiger partial charge in [-0.05, 0) is 11.3 Å². The maximum absolute atomic E-state index is 5.38. The molecule has 1 heterocycles. The first-order valence-electron chi connectivity index (χ1n) is 6.82. The predicted octanol–water partition coefficient (Wildman–Crippen LogP) is 1.98. The molecule has 0 bridgehead atoms. The normalized spacial score (nSPS) is 25.2. The second kappa shape index (κ2) is 6.17. The van der Waals surface area contributed by atoms with Gasteiger partial charge in [0.15, 0.2) is 0 Å². The van der Waals surface area contributed by atoms with Gasteiger partial charge in [-0.3, -0.25) is 4.90 Å². The van der Waals surface area contributed by atoms with Crippen molar-refractivity contribution in [1.29, 1.82) is 0 Å². The molecule has 0 radical (unpaired) electrons. The van der Waals surface area contributed by atoms with Crippen LogP contribution in [0.1, 0.15) is 34.6 Å². The molecule has 0 aliphatic carbocycles. The van der Waals surface area contributed by atoms with Gasteiger partial charge in [0.2, 0.25) is 0 Å². The molecule has 2 unspecified atom stereocenters. The predicted molar refractivity (Wildman–Crippen MR) is 73.3 cm³/mol. The smallest absolute Gasteiger partial charge is 0.0620 e. The number of piperazine rings is 1. The summed E-state index contributed by atoms with van der Waals surface area (Å²) >= 11 is 0. The molecule has 1 saturated heterocycles. The summed E-state index contributed by atoms with van der Waals surface area (Å²) in [6.45, 7) is 15.7. The first kappa shape index (κ1) is 14.9. The second-order valence-electron chi connectivity index (χ2n) is 6.63. The largest absolute Gasteiger partial charge is 0.383 e. The SMILES string of the molecule is COCC(C(C)C)N1CCNC(C(C)(C)C)C1. The van der Waals surface area contributed by atoms with Crippen LogP contribution in [0.5, 0.6) is 0 Å². The monoisotopic (exact) mass is 242 g/mol. The molecule has 17 heavy (non-hydrogen) atoms. The Morgan fingerprint density at radius 1 is 1.35 bits per heavy atom. The lowest BCUT2D eigenvalue weighted by Crippen LogP contribution is -2.59. The Balaban J connectivity index is 2.63. The number of hydrogen-bond donors (Lipinski definition) is 1. The summed E-state index contributed by atoms with van der Waals surface area (Å²) in [6.07, 6.45) is 0. The van der Waals surface area contributed by atoms with Gasteiger partial charge in [-0.25, -0.2) is 0 Å². The Labute approximate surface area is 107 Å². The summed E-state index contributed by atoms with van der Waals surface area (Å²) in [5, 5.41) is 3.64. The van der Waals surface area contributed by atoms with E-state index in [1.807, 2.05) is 0 Å². The zero-order valence-corrected chi connectivity index (χ0v) is 12.4. The van der Waals surface area contributed by atoms with E-state index < -0.39 is 0 Å². The number of nitrogens with zero attached hydrogens (tertiary/aromatic N) is 1. The quantitative estimate of drug-likeness (QED) is 0.816. The molecular weight excluding hydrogens is 212 g/mol. The molecule has 1 N–H and O–H groups in total. The van der Waals surface area contributed by atoms with Gasteiger partial charge in [0.05, 0.1) is 6.61 Å². The van der Waals surface area contributed by atoms with Crippen molar-refractivity contribution >= 4 is 0 Å². The van der Waals surface area contributed by atoms with Crippen LogP contribution < -0.4 is 5.32 Å². The Morgan fingerprint density at radius 3 is 2.47 bits per heavy atom. The topological polar surface area (TPSA) is 24.5 Å². The van der Waals surface area contributed by atoms with Gasteiger partial charge in [-0.15, -0.1) is 0 Å². The molecule has 0 amide bonds. The van der Waals surface area contributed by atoms with Crippen LogP contribution in [0.4, 0.5) is 0 Å². The van der Waals surface area contributed by atoms with Crippen molar-refractivity contribution in [3.05, 3.63) is 0 Å². The molecule has 3 nitrogen and oxygen atoms in total. The lowest BCUT2D eigenvalue weighted by Gasteiger charge is -2.44. The maximum Gasteiger partial charge on any atom is 0.0620 e. The van der Waals surface area contributed by atoms with Crippen LogP contribution in [0.25, 0.3) is 0 Å². The highest BCUT2D eigenvalue weighted by Gasteiger charge is 2.32. The van der Waals surface area contributed by atoms with E-state index in [9.17, 15) is 0 Å². The molecule has 0 aromatic carbocycles. The molecule has 3 heteroatoms. The lowest BCUT2D eigenvalue weighted by atomic mass is 9.85. The minimum atomic E-state index is 0.327. The van der Waals surface area contributed by atoms with Crippen LogP contribution in [0.15, 0.2) is 0 Å². The summed E-state index contributed by atoms with van der Waals surface area (Å²) in [5.41, 5.74) is 0.327. The highest BCUT2D eigenvalue weighted by molar-refractivity contribution is 4.90. The minimum absolute atomic E-state index is 0.327. The summed E-state index contributed by atoms with van der Waals surface area (Å²) in [6, 6.07) is 1.13. The van der Waals surface area contributed by atoms with Gasteiger partial charge in [-0.1, -0.05) is 34.6 Å². The fraction of sp³-hybridized carbons (Fsp3) is 1.00. The van der Waals surface area contributed by atoms with Gasteiger partial charge >= 0.3 is 0 Å². The van der Waals surface area contributed by atoms with E-state index in [0.717, 1.165) is 26.2 Å². The van der Waals surface area contributed by atoms with Crippen molar-refractivity contribution < 1.29 is 4.74 Å². The van der Waals surface area contributed by atoms with Crippen molar-refractivity contribution in [2.75, 3.05) is 33.4 Å². The average Bonchev–Trinajstić information content (AvgIpc) is 2.24. The van der Waals surface area contributed by atoms with E-state index in [4.69, 9.17) is 4.74 Å². The third kappa shape index (κ3) is 4.23. The molecule has 1 aliphatic heterocycles. The molecule has 102 valence electrons. The number of rotatable bonds is 4. The average molecular weight is 242 g/mol. The molecule has 0 aromatic rings. The van der Waals surface area contributed by atoms with E-state index in [2.05, 4.69) is 44.8 Å². The van der Waals surface area contributed by atoms with E-state index in [-0.39, 0.29) is 0 Å². The van der Waals surface area contributed by atoms with Crippen molar-refractivity contribution in [2.24, 2.45) is 11.3 Å². The zero-order valence-electron chi connectivity index (χ0n) is 12.4. The van der Waals surface area contributed by atoms with Gasteiger partial charge in [0.25, 0.3) is 0 Å². The summed E-state index contributed by atoms with van der Waals surface area (Å²) in [4.78, 5) is 2.60. The molecule has 1 fully saturated rings. The van der Waals surface area contributed by atoms with Crippen LogP contribution in [-0.2, 0) is 4.74 Å². The first-order valence-corrected chi connectivity index (χ1v) is 6.82. The Bertz CT molecular complexity index is 223. The van der Waals surface area contributed by atoms with Crippen molar-refractivity contribution in [2.45, 2.75) is 46.7 Å². The van der Waals surface area contributed by atoms with Crippen LogP contribution >= 0.6 is 0 Å². The Hall–Kier alpha value is -0.120. The molecule has 1 rings (SSSR count). The van der Waals surface area contributed by atoms with Gasteiger partial charge in [0, 0.05) is 38.8 Å². The third-order valence-electron chi connectivity index (χ3n) is 3.83. The number of methoxy groups -OCH3 is 1. The van der Waals surface area contributed by atoms with Crippen LogP contribution in [0.3, 0.4) is 0 Å². The van der Waals surface area contributed by atoms with Crippen molar-refractivity contribution in [1.82, 2.24) is 10.2 Å². The summed E-state index contributed by atoms with van der Waals surface area (Å²) < 4.78 is 5.38. The van der Waals surface area contributed by atoms with E-state index in [0.29, 0.717) is 23.4 Å². The molecule has 1 aliphatic rings. The summed E-state index contributed by atoms with van der Waals surface area (Å²) in [5.74, 6) is 0.647. The number of ether oxygens (including phenoxy) is 1.